The predicted molar refractivity (Wildman–Crippen MR) is 47.0 cm³/mol. The highest BCUT2D eigenvalue weighted by Gasteiger charge is 2.44. The number of esters is 1. The first kappa shape index (κ1) is 9.00. The lowest BCUT2D eigenvalue weighted by Crippen LogP contribution is -2.49. The fourth-order valence-corrected chi connectivity index (χ4v) is 2.72. The Morgan fingerprint density at radius 3 is 2.23 bits per heavy atom. The number of ether oxygens (including phenoxy) is 1. The van der Waals surface area contributed by atoms with Crippen molar-refractivity contribution in [1.82, 2.24) is 0 Å². The van der Waals surface area contributed by atoms with Crippen LogP contribution in [-0.2, 0) is 9.53 Å². The van der Waals surface area contributed by atoms with E-state index in [0.717, 1.165) is 25.7 Å². The van der Waals surface area contributed by atoms with Crippen molar-refractivity contribution in [2.75, 3.05) is 0 Å². The van der Waals surface area contributed by atoms with Crippen LogP contribution in [-0.4, -0.2) is 23.3 Å². The zero-order valence-corrected chi connectivity index (χ0v) is 7.90. The first-order valence-corrected chi connectivity index (χ1v) is 5.04. The summed E-state index contributed by atoms with van der Waals surface area (Å²) in [7, 11) is 0. The van der Waals surface area contributed by atoms with Gasteiger partial charge in [0, 0.05) is 6.92 Å². The van der Waals surface area contributed by atoms with Crippen LogP contribution in [0.15, 0.2) is 0 Å². The molecule has 0 aromatic rings. The maximum absolute atomic E-state index is 10.8. The van der Waals surface area contributed by atoms with Crippen LogP contribution >= 0.6 is 0 Å². The molecule has 2 bridgehead atoms. The summed E-state index contributed by atoms with van der Waals surface area (Å²) in [6.45, 7) is 1.41. The van der Waals surface area contributed by atoms with Crippen LogP contribution in [0.2, 0.25) is 0 Å². The lowest BCUT2D eigenvalue weighted by atomic mass is 9.67. The first-order valence-electron chi connectivity index (χ1n) is 5.04. The summed E-state index contributed by atoms with van der Waals surface area (Å²) in [5.74, 6) is 0.509. The molecule has 0 heterocycles. The van der Waals surface area contributed by atoms with Gasteiger partial charge < -0.3 is 9.84 Å². The van der Waals surface area contributed by atoms with Crippen LogP contribution in [0.4, 0.5) is 0 Å². The molecule has 0 aromatic carbocycles. The Morgan fingerprint density at radius 2 is 1.77 bits per heavy atom. The van der Waals surface area contributed by atoms with Crippen molar-refractivity contribution in [3.05, 3.63) is 0 Å². The Labute approximate surface area is 78.1 Å². The molecule has 0 radical (unpaired) electrons. The summed E-state index contributed by atoms with van der Waals surface area (Å²) in [6.07, 6.45) is 3.80. The van der Waals surface area contributed by atoms with Crippen LogP contribution in [0.3, 0.4) is 0 Å². The number of rotatable bonds is 1. The molecule has 2 atom stereocenters. The second kappa shape index (κ2) is 3.29. The largest absolute Gasteiger partial charge is 0.459 e. The quantitative estimate of drug-likeness (QED) is 0.621. The number of fused-ring (bicyclic) bond motifs is 3. The Morgan fingerprint density at radius 1 is 1.23 bits per heavy atom. The van der Waals surface area contributed by atoms with Gasteiger partial charge in [0.25, 0.3) is 0 Å². The second-order valence-electron chi connectivity index (χ2n) is 4.24. The monoisotopic (exact) mass is 184 g/mol. The fraction of sp³-hybridized carbons (Fsp3) is 0.900. The number of carbonyl (C=O) groups is 1. The normalized spacial score (nSPS) is 43.2. The topological polar surface area (TPSA) is 46.5 Å². The molecule has 74 valence electrons. The summed E-state index contributed by atoms with van der Waals surface area (Å²) >= 11 is 0. The molecule has 3 saturated carbocycles. The van der Waals surface area contributed by atoms with Gasteiger partial charge in [-0.05, 0) is 37.5 Å². The maximum atomic E-state index is 10.8. The van der Waals surface area contributed by atoms with Crippen molar-refractivity contribution in [2.45, 2.75) is 44.8 Å². The molecule has 3 nitrogen and oxygen atoms in total. The van der Waals surface area contributed by atoms with E-state index in [2.05, 4.69) is 0 Å². The molecule has 0 aromatic heterocycles. The molecule has 0 spiro atoms. The molecule has 3 rings (SSSR count). The van der Waals surface area contributed by atoms with Gasteiger partial charge in [-0.1, -0.05) is 0 Å². The van der Waals surface area contributed by atoms with E-state index in [1.54, 1.807) is 0 Å². The molecule has 3 fully saturated rings. The number of aliphatic hydroxyl groups is 1. The van der Waals surface area contributed by atoms with Gasteiger partial charge in [-0.2, -0.15) is 0 Å². The van der Waals surface area contributed by atoms with Crippen LogP contribution in [0.1, 0.15) is 32.6 Å². The summed E-state index contributed by atoms with van der Waals surface area (Å²) in [6, 6.07) is 0. The molecule has 3 heteroatoms. The van der Waals surface area contributed by atoms with Gasteiger partial charge in [0.15, 0.2) is 0 Å². The van der Waals surface area contributed by atoms with Gasteiger partial charge in [-0.15, -0.1) is 0 Å². The van der Waals surface area contributed by atoms with Crippen molar-refractivity contribution >= 4 is 5.97 Å². The zero-order valence-electron chi connectivity index (χ0n) is 7.90. The minimum Gasteiger partial charge on any atom is -0.459 e. The number of aliphatic hydroxyl groups excluding tert-OH is 1. The Bertz CT molecular complexity index is 204. The summed E-state index contributed by atoms with van der Waals surface area (Å²) < 4.78 is 5.15. The highest BCUT2D eigenvalue weighted by Crippen LogP contribution is 2.42. The lowest BCUT2D eigenvalue weighted by Gasteiger charge is -2.45. The van der Waals surface area contributed by atoms with E-state index in [4.69, 9.17) is 4.74 Å². The Hall–Kier alpha value is -0.570. The first-order chi connectivity index (χ1) is 6.18. The summed E-state index contributed by atoms with van der Waals surface area (Å²) in [5.41, 5.74) is 0. The van der Waals surface area contributed by atoms with E-state index >= 15 is 0 Å². The highest BCUT2D eigenvalue weighted by molar-refractivity contribution is 5.66. The van der Waals surface area contributed by atoms with E-state index in [1.165, 1.54) is 6.92 Å². The van der Waals surface area contributed by atoms with Crippen molar-refractivity contribution in [3.63, 3.8) is 0 Å². The minimum absolute atomic E-state index is 0.218. The minimum atomic E-state index is -0.406. The Balaban J connectivity index is 2.05. The molecule has 0 amide bonds. The van der Waals surface area contributed by atoms with Gasteiger partial charge in [0.1, 0.15) is 6.10 Å². The molecule has 13 heavy (non-hydrogen) atoms. The third-order valence-electron chi connectivity index (χ3n) is 3.40. The third-order valence-corrected chi connectivity index (χ3v) is 3.40. The fourth-order valence-electron chi connectivity index (χ4n) is 2.72. The smallest absolute Gasteiger partial charge is 0.303 e. The van der Waals surface area contributed by atoms with E-state index in [9.17, 15) is 9.90 Å². The van der Waals surface area contributed by atoms with Gasteiger partial charge in [-0.25, -0.2) is 0 Å². The van der Waals surface area contributed by atoms with Gasteiger partial charge in [0.2, 0.25) is 0 Å². The second-order valence-corrected chi connectivity index (χ2v) is 4.24. The maximum Gasteiger partial charge on any atom is 0.303 e. The summed E-state index contributed by atoms with van der Waals surface area (Å²) in [5, 5.41) is 9.83. The molecule has 0 saturated heterocycles. The van der Waals surface area contributed by atoms with Gasteiger partial charge in [0.05, 0.1) is 6.10 Å². The van der Waals surface area contributed by atoms with E-state index < -0.39 is 6.10 Å². The van der Waals surface area contributed by atoms with E-state index in [-0.39, 0.29) is 12.1 Å². The van der Waals surface area contributed by atoms with Crippen molar-refractivity contribution < 1.29 is 14.6 Å². The van der Waals surface area contributed by atoms with Crippen molar-refractivity contribution in [2.24, 2.45) is 11.8 Å². The van der Waals surface area contributed by atoms with Crippen molar-refractivity contribution in [3.8, 4) is 0 Å². The third kappa shape index (κ3) is 1.57. The molecule has 0 unspecified atom stereocenters. The average molecular weight is 184 g/mol. The molecular weight excluding hydrogens is 168 g/mol. The molecule has 3 aliphatic rings. The average Bonchev–Trinajstić information content (AvgIpc) is 2.11. The number of hydrogen-bond donors (Lipinski definition) is 1. The molecule has 0 aliphatic heterocycles. The van der Waals surface area contributed by atoms with E-state index in [1.807, 2.05) is 0 Å². The SMILES string of the molecule is CC(=O)O[C@@H]1C2CCC(CC2)[C@H]1O. The summed E-state index contributed by atoms with van der Waals surface area (Å²) in [4.78, 5) is 10.8. The van der Waals surface area contributed by atoms with Gasteiger partial charge in [-0.3, -0.25) is 4.79 Å². The van der Waals surface area contributed by atoms with Crippen LogP contribution in [0.25, 0.3) is 0 Å². The molecular formula is C10H16O3. The highest BCUT2D eigenvalue weighted by atomic mass is 16.6. The number of carbonyl (C=O) groups excluding carboxylic acids is 1. The standard InChI is InChI=1S/C10H16O3/c1-6(11)13-10-8-4-2-7(3-5-8)9(10)12/h7-10,12H,2-5H2,1H3/t7?,8?,9-,10-/m1/s1. The zero-order chi connectivity index (χ0) is 9.42. The van der Waals surface area contributed by atoms with E-state index in [0.29, 0.717) is 11.8 Å². The van der Waals surface area contributed by atoms with Crippen molar-refractivity contribution in [1.29, 1.82) is 0 Å². The molecule has 1 N–H and O–H groups in total. The van der Waals surface area contributed by atoms with Crippen LogP contribution in [0.5, 0.6) is 0 Å². The number of hydrogen-bond acceptors (Lipinski definition) is 3. The van der Waals surface area contributed by atoms with Crippen LogP contribution in [0, 0.1) is 11.8 Å². The lowest BCUT2D eigenvalue weighted by molar-refractivity contribution is -0.172. The van der Waals surface area contributed by atoms with Crippen LogP contribution < -0.4 is 0 Å². The predicted octanol–water partition coefficient (Wildman–Crippen LogP) is 1.10. The Kier molecular flexibility index (Phi) is 2.28. The molecule has 3 aliphatic carbocycles. The van der Waals surface area contributed by atoms with Gasteiger partial charge >= 0.3 is 5.97 Å².